The summed E-state index contributed by atoms with van der Waals surface area (Å²) >= 11 is 0. The molecule has 24 heavy (non-hydrogen) atoms. The highest BCUT2D eigenvalue weighted by atomic mass is 32.2. The molecule has 6 nitrogen and oxygen atoms in total. The number of hydrogen-bond donors (Lipinski definition) is 1. The Morgan fingerprint density at radius 1 is 1.17 bits per heavy atom. The third-order valence-corrected chi connectivity index (χ3v) is 7.67. The molecule has 0 aromatic heterocycles. The topological polar surface area (TPSA) is 77.9 Å². The lowest BCUT2D eigenvalue weighted by Crippen LogP contribution is -2.47. The number of anilines is 1. The molecule has 1 saturated carbocycles. The fourth-order valence-corrected chi connectivity index (χ4v) is 6.41. The third-order valence-electron chi connectivity index (χ3n) is 5.69. The molecule has 2 aliphatic heterocycles. The summed E-state index contributed by atoms with van der Waals surface area (Å²) in [5.74, 6) is -0.913. The van der Waals surface area contributed by atoms with E-state index in [4.69, 9.17) is 0 Å². The van der Waals surface area contributed by atoms with Crippen molar-refractivity contribution in [3.8, 4) is 0 Å². The summed E-state index contributed by atoms with van der Waals surface area (Å²) in [6, 6.07) is 7.41. The van der Waals surface area contributed by atoms with Crippen molar-refractivity contribution in [2.45, 2.75) is 38.1 Å². The first-order chi connectivity index (χ1) is 11.5. The molecule has 130 valence electrons. The number of carboxylic acids is 1. The van der Waals surface area contributed by atoms with E-state index in [9.17, 15) is 18.3 Å². The van der Waals surface area contributed by atoms with Crippen molar-refractivity contribution in [1.82, 2.24) is 4.31 Å². The predicted molar refractivity (Wildman–Crippen MR) is 90.0 cm³/mol. The Bertz CT molecular complexity index is 764. The number of nitrogens with zero attached hydrogens (tertiary/aromatic N) is 2. The first-order valence-electron chi connectivity index (χ1n) is 8.57. The predicted octanol–water partition coefficient (Wildman–Crippen LogP) is 1.87. The molecular formula is C17H22N2O4S. The van der Waals surface area contributed by atoms with E-state index in [2.05, 4.69) is 0 Å². The van der Waals surface area contributed by atoms with Crippen LogP contribution in [0.4, 0.5) is 5.69 Å². The summed E-state index contributed by atoms with van der Waals surface area (Å²) in [6.07, 6.45) is 3.74. The fourth-order valence-electron chi connectivity index (χ4n) is 4.43. The van der Waals surface area contributed by atoms with Gasteiger partial charge in [0, 0.05) is 19.1 Å². The Hall–Kier alpha value is -1.60. The average Bonchev–Trinajstić information content (AvgIpc) is 3.12. The van der Waals surface area contributed by atoms with Crippen LogP contribution < -0.4 is 4.31 Å². The van der Waals surface area contributed by atoms with Crippen LogP contribution in [0.1, 0.15) is 31.2 Å². The van der Waals surface area contributed by atoms with Gasteiger partial charge in [-0.05, 0) is 49.7 Å². The van der Waals surface area contributed by atoms with Gasteiger partial charge in [0.2, 0.25) is 0 Å². The van der Waals surface area contributed by atoms with E-state index in [1.165, 1.54) is 4.31 Å². The van der Waals surface area contributed by atoms with Crippen LogP contribution in [0, 0.1) is 11.8 Å². The summed E-state index contributed by atoms with van der Waals surface area (Å²) in [7, 11) is -3.60. The van der Waals surface area contributed by atoms with E-state index < -0.39 is 22.1 Å². The first-order valence-corrected chi connectivity index (χ1v) is 9.96. The Labute approximate surface area is 142 Å². The minimum Gasteiger partial charge on any atom is -0.481 e. The number of para-hydroxylation sites is 1. The van der Waals surface area contributed by atoms with Crippen LogP contribution >= 0.6 is 0 Å². The summed E-state index contributed by atoms with van der Waals surface area (Å²) < 4.78 is 29.7. The molecule has 1 aromatic carbocycles. The first kappa shape index (κ1) is 15.9. The molecule has 0 radical (unpaired) electrons. The van der Waals surface area contributed by atoms with E-state index in [1.54, 1.807) is 10.4 Å². The van der Waals surface area contributed by atoms with Crippen molar-refractivity contribution in [2.24, 2.45) is 11.8 Å². The maximum absolute atomic E-state index is 13.3. The number of rotatable bonds is 3. The third kappa shape index (κ3) is 2.50. The molecule has 3 atom stereocenters. The smallest absolute Gasteiger partial charge is 0.306 e. The molecule has 3 aliphatic rings. The Kier molecular flexibility index (Phi) is 3.80. The lowest BCUT2D eigenvalue weighted by molar-refractivity contribution is -0.141. The van der Waals surface area contributed by atoms with Gasteiger partial charge in [-0.15, -0.1) is 0 Å². The molecule has 7 heteroatoms. The number of fused-ring (bicyclic) bond motifs is 3. The van der Waals surface area contributed by atoms with Crippen LogP contribution in [0.25, 0.3) is 0 Å². The zero-order valence-corrected chi connectivity index (χ0v) is 14.3. The highest BCUT2D eigenvalue weighted by Crippen LogP contribution is 2.41. The summed E-state index contributed by atoms with van der Waals surface area (Å²) in [5.41, 5.74) is 1.44. The summed E-state index contributed by atoms with van der Waals surface area (Å²) in [4.78, 5) is 11.5. The fraction of sp³-hybridized carbons (Fsp3) is 0.588. The molecule has 2 heterocycles. The highest BCUT2D eigenvalue weighted by Gasteiger charge is 2.46. The second kappa shape index (κ2) is 5.74. The van der Waals surface area contributed by atoms with Crippen molar-refractivity contribution < 1.29 is 18.3 Å². The minimum absolute atomic E-state index is 0.116. The molecule has 0 spiro atoms. The van der Waals surface area contributed by atoms with Gasteiger partial charge in [-0.3, -0.25) is 9.10 Å². The van der Waals surface area contributed by atoms with Gasteiger partial charge < -0.3 is 5.11 Å². The van der Waals surface area contributed by atoms with Gasteiger partial charge in [0.25, 0.3) is 0 Å². The van der Waals surface area contributed by atoms with Crippen LogP contribution in [0.5, 0.6) is 0 Å². The SMILES string of the molecule is O=C(O)C1CCN(S(=O)(=O)N2CC3CCC2C3)c2ccccc2C1. The van der Waals surface area contributed by atoms with Gasteiger partial charge in [-0.2, -0.15) is 12.7 Å². The molecule has 1 saturated heterocycles. The van der Waals surface area contributed by atoms with Gasteiger partial charge in [0.15, 0.2) is 0 Å². The number of piperidine rings is 1. The molecule has 2 bridgehead atoms. The Morgan fingerprint density at radius 3 is 2.62 bits per heavy atom. The van der Waals surface area contributed by atoms with Gasteiger partial charge in [-0.25, -0.2) is 0 Å². The van der Waals surface area contributed by atoms with Gasteiger partial charge in [-0.1, -0.05) is 18.2 Å². The molecule has 1 N–H and O–H groups in total. The van der Waals surface area contributed by atoms with Crippen LogP contribution in [-0.4, -0.2) is 42.9 Å². The number of benzene rings is 1. The van der Waals surface area contributed by atoms with E-state index in [0.29, 0.717) is 31.0 Å². The number of aliphatic carboxylic acids is 1. The zero-order chi connectivity index (χ0) is 16.9. The lowest BCUT2D eigenvalue weighted by Gasteiger charge is -2.33. The standard InChI is InChI=1S/C17H22N2O4S/c20-17(21)14-7-8-18(16-4-2-1-3-13(16)10-14)24(22,23)19-11-12-5-6-15(19)9-12/h1-4,12,14-15H,5-11H2,(H,20,21). The normalized spacial score (nSPS) is 30.2. The molecule has 1 aromatic rings. The van der Waals surface area contributed by atoms with Crippen LogP contribution in [0.3, 0.4) is 0 Å². The van der Waals surface area contributed by atoms with Crippen LogP contribution in [-0.2, 0) is 21.4 Å². The molecule has 2 fully saturated rings. The lowest BCUT2D eigenvalue weighted by atomic mass is 9.97. The van der Waals surface area contributed by atoms with Crippen molar-refractivity contribution >= 4 is 21.9 Å². The molecule has 1 aliphatic carbocycles. The van der Waals surface area contributed by atoms with Crippen molar-refractivity contribution in [1.29, 1.82) is 0 Å². The van der Waals surface area contributed by atoms with E-state index in [0.717, 1.165) is 24.8 Å². The monoisotopic (exact) mass is 350 g/mol. The van der Waals surface area contributed by atoms with Gasteiger partial charge >= 0.3 is 16.2 Å². The maximum Gasteiger partial charge on any atom is 0.306 e. The van der Waals surface area contributed by atoms with E-state index >= 15 is 0 Å². The second-order valence-electron chi connectivity index (χ2n) is 7.14. The van der Waals surface area contributed by atoms with Crippen LogP contribution in [0.15, 0.2) is 24.3 Å². The molecule has 4 rings (SSSR count). The zero-order valence-electron chi connectivity index (χ0n) is 13.5. The van der Waals surface area contributed by atoms with E-state index in [-0.39, 0.29) is 12.6 Å². The minimum atomic E-state index is -3.60. The molecule has 0 amide bonds. The van der Waals surface area contributed by atoms with Crippen molar-refractivity contribution in [3.05, 3.63) is 29.8 Å². The van der Waals surface area contributed by atoms with E-state index in [1.807, 2.05) is 18.2 Å². The van der Waals surface area contributed by atoms with Crippen molar-refractivity contribution in [2.75, 3.05) is 17.4 Å². The Balaban J connectivity index is 1.71. The maximum atomic E-state index is 13.3. The van der Waals surface area contributed by atoms with Crippen LogP contribution in [0.2, 0.25) is 0 Å². The Morgan fingerprint density at radius 2 is 1.96 bits per heavy atom. The number of carbonyl (C=O) groups is 1. The van der Waals surface area contributed by atoms with Crippen molar-refractivity contribution in [3.63, 3.8) is 0 Å². The van der Waals surface area contributed by atoms with Gasteiger partial charge in [0.1, 0.15) is 0 Å². The second-order valence-corrected chi connectivity index (χ2v) is 8.94. The summed E-state index contributed by atoms with van der Waals surface area (Å²) in [5, 5.41) is 9.40. The molecular weight excluding hydrogens is 328 g/mol. The highest BCUT2D eigenvalue weighted by molar-refractivity contribution is 7.90. The number of carboxylic acid groups (broad SMARTS) is 1. The average molecular weight is 350 g/mol. The largest absolute Gasteiger partial charge is 0.481 e. The number of hydrogen-bond acceptors (Lipinski definition) is 3. The quantitative estimate of drug-likeness (QED) is 0.903. The molecule has 3 unspecified atom stereocenters. The van der Waals surface area contributed by atoms with Gasteiger partial charge in [0.05, 0.1) is 11.6 Å². The summed E-state index contributed by atoms with van der Waals surface area (Å²) in [6.45, 7) is 0.832.